The molecule has 2 heterocycles. The van der Waals surface area contributed by atoms with Crippen LogP contribution in [0.25, 0.3) is 0 Å². The molecule has 0 N–H and O–H groups in total. The van der Waals surface area contributed by atoms with Crippen LogP contribution in [-0.4, -0.2) is 45.2 Å². The molecule has 0 atom stereocenters. The number of carbonyl (C=O) groups excluding carboxylic acids is 2. The molecule has 0 radical (unpaired) electrons. The van der Waals surface area contributed by atoms with Crippen LogP contribution in [0.2, 0.25) is 0 Å². The SMILES string of the molecule is C=CCN(CC(=O)N(Cc1ccco1)Cc1cccn1C)C(=O)C(C)(C)CCl. The molecule has 0 saturated heterocycles. The molecule has 0 spiro atoms. The molecule has 0 unspecified atom stereocenters. The van der Waals surface area contributed by atoms with Crippen molar-refractivity contribution in [3.63, 3.8) is 0 Å². The van der Waals surface area contributed by atoms with Gasteiger partial charge in [-0.1, -0.05) is 6.08 Å². The largest absolute Gasteiger partial charge is 0.467 e. The highest BCUT2D eigenvalue weighted by Crippen LogP contribution is 2.21. The van der Waals surface area contributed by atoms with E-state index in [2.05, 4.69) is 6.58 Å². The Labute approximate surface area is 171 Å². The number of nitrogens with zero attached hydrogens (tertiary/aromatic N) is 3. The molecule has 6 nitrogen and oxygen atoms in total. The zero-order chi connectivity index (χ0) is 20.7. The number of rotatable bonds is 10. The Hall–Kier alpha value is -2.47. The van der Waals surface area contributed by atoms with Gasteiger partial charge in [0, 0.05) is 31.4 Å². The van der Waals surface area contributed by atoms with Crippen LogP contribution in [0, 0.1) is 5.41 Å². The van der Waals surface area contributed by atoms with Gasteiger partial charge in [0.1, 0.15) is 12.3 Å². The van der Waals surface area contributed by atoms with Gasteiger partial charge in [-0.15, -0.1) is 18.2 Å². The number of aryl methyl sites for hydroxylation is 1. The topological polar surface area (TPSA) is 58.7 Å². The van der Waals surface area contributed by atoms with E-state index in [-0.39, 0.29) is 30.8 Å². The van der Waals surface area contributed by atoms with Gasteiger partial charge >= 0.3 is 0 Å². The summed E-state index contributed by atoms with van der Waals surface area (Å²) < 4.78 is 7.38. The second-order valence-corrected chi connectivity index (χ2v) is 7.70. The Morgan fingerprint density at radius 2 is 2.00 bits per heavy atom. The Morgan fingerprint density at radius 3 is 2.54 bits per heavy atom. The molecule has 2 aromatic heterocycles. The maximum Gasteiger partial charge on any atom is 0.242 e. The minimum Gasteiger partial charge on any atom is -0.467 e. The third kappa shape index (κ3) is 5.52. The molecular weight excluding hydrogens is 378 g/mol. The van der Waals surface area contributed by atoms with Crippen molar-refractivity contribution < 1.29 is 14.0 Å². The summed E-state index contributed by atoms with van der Waals surface area (Å²) in [6.07, 6.45) is 5.13. The molecule has 0 saturated carbocycles. The monoisotopic (exact) mass is 405 g/mol. The normalized spacial score (nSPS) is 11.3. The van der Waals surface area contributed by atoms with E-state index in [0.29, 0.717) is 18.8 Å². The highest BCUT2D eigenvalue weighted by atomic mass is 35.5. The van der Waals surface area contributed by atoms with Gasteiger partial charge in [-0.3, -0.25) is 9.59 Å². The Morgan fingerprint density at radius 1 is 1.25 bits per heavy atom. The number of hydrogen-bond acceptors (Lipinski definition) is 3. The molecule has 0 aromatic carbocycles. The predicted molar refractivity (Wildman–Crippen MR) is 110 cm³/mol. The Balaban J connectivity index is 2.20. The van der Waals surface area contributed by atoms with Crippen molar-refractivity contribution in [1.82, 2.24) is 14.4 Å². The van der Waals surface area contributed by atoms with E-state index in [1.54, 1.807) is 37.2 Å². The van der Waals surface area contributed by atoms with Crippen molar-refractivity contribution >= 4 is 23.4 Å². The van der Waals surface area contributed by atoms with Crippen LogP contribution >= 0.6 is 11.6 Å². The maximum atomic E-state index is 13.1. The predicted octanol–water partition coefficient (Wildman–Crippen LogP) is 3.43. The summed E-state index contributed by atoms with van der Waals surface area (Å²) in [5.41, 5.74) is 0.233. The van der Waals surface area contributed by atoms with Gasteiger partial charge < -0.3 is 18.8 Å². The lowest BCUT2D eigenvalue weighted by atomic mass is 9.94. The number of furan rings is 1. The van der Waals surface area contributed by atoms with Crippen LogP contribution in [0.4, 0.5) is 0 Å². The van der Waals surface area contributed by atoms with Crippen LogP contribution < -0.4 is 0 Å². The highest BCUT2D eigenvalue weighted by Gasteiger charge is 2.32. The van der Waals surface area contributed by atoms with Crippen molar-refractivity contribution in [3.05, 3.63) is 60.8 Å². The fraction of sp³-hybridized carbons (Fsp3) is 0.429. The molecule has 2 amide bonds. The van der Waals surface area contributed by atoms with Crippen molar-refractivity contribution in [3.8, 4) is 0 Å². The molecule has 0 aliphatic heterocycles. The molecule has 152 valence electrons. The Kier molecular flexibility index (Phi) is 7.52. The van der Waals surface area contributed by atoms with Crippen molar-refractivity contribution in [1.29, 1.82) is 0 Å². The van der Waals surface area contributed by atoms with E-state index in [9.17, 15) is 9.59 Å². The molecule has 28 heavy (non-hydrogen) atoms. The van der Waals surface area contributed by atoms with Crippen molar-refractivity contribution in [2.45, 2.75) is 26.9 Å². The van der Waals surface area contributed by atoms with Gasteiger partial charge in [0.25, 0.3) is 0 Å². The van der Waals surface area contributed by atoms with Crippen LogP contribution in [0.1, 0.15) is 25.3 Å². The first-order valence-corrected chi connectivity index (χ1v) is 9.68. The zero-order valence-electron chi connectivity index (χ0n) is 16.7. The molecule has 2 aromatic rings. The van der Waals surface area contributed by atoms with Gasteiger partial charge in [0.2, 0.25) is 11.8 Å². The summed E-state index contributed by atoms with van der Waals surface area (Å²) in [6.45, 7) is 8.22. The van der Waals surface area contributed by atoms with Gasteiger partial charge in [0.05, 0.1) is 24.8 Å². The summed E-state index contributed by atoms with van der Waals surface area (Å²) in [5.74, 6) is 0.517. The number of amides is 2. The van der Waals surface area contributed by atoms with E-state index >= 15 is 0 Å². The van der Waals surface area contributed by atoms with E-state index < -0.39 is 5.41 Å². The molecule has 0 aliphatic rings. The first kappa shape index (κ1) is 21.8. The minimum absolute atomic E-state index is 0.0453. The summed E-state index contributed by atoms with van der Waals surface area (Å²) >= 11 is 5.95. The Bertz CT molecular complexity index is 796. The van der Waals surface area contributed by atoms with Gasteiger partial charge in [0.15, 0.2) is 0 Å². The lowest BCUT2D eigenvalue weighted by Crippen LogP contribution is -2.47. The molecule has 2 rings (SSSR count). The fourth-order valence-electron chi connectivity index (χ4n) is 2.80. The fourth-order valence-corrected chi connectivity index (χ4v) is 2.92. The third-order valence-corrected chi connectivity index (χ3v) is 5.23. The standard InChI is InChI=1S/C21H28ClN3O3/c1-5-10-24(20(27)21(2,3)16-22)15-19(26)25(14-18-9-7-12-28-18)13-17-8-6-11-23(17)4/h5-9,11-12H,1,10,13-16H2,2-4H3. The van der Waals surface area contributed by atoms with Gasteiger partial charge in [-0.2, -0.15) is 0 Å². The van der Waals surface area contributed by atoms with Crippen LogP contribution in [0.3, 0.4) is 0 Å². The molecule has 0 aliphatic carbocycles. The average Bonchev–Trinajstić information content (AvgIpc) is 3.32. The smallest absolute Gasteiger partial charge is 0.242 e. The van der Waals surface area contributed by atoms with E-state index in [1.165, 1.54) is 4.90 Å². The van der Waals surface area contributed by atoms with Crippen molar-refractivity contribution in [2.75, 3.05) is 19.0 Å². The van der Waals surface area contributed by atoms with E-state index in [1.807, 2.05) is 36.0 Å². The summed E-state index contributed by atoms with van der Waals surface area (Å²) in [5, 5.41) is 0. The second kappa shape index (κ2) is 9.64. The van der Waals surface area contributed by atoms with Gasteiger partial charge in [-0.05, 0) is 38.1 Å². The number of hydrogen-bond donors (Lipinski definition) is 0. The average molecular weight is 406 g/mol. The van der Waals surface area contributed by atoms with E-state index in [4.69, 9.17) is 16.0 Å². The third-order valence-electron chi connectivity index (χ3n) is 4.56. The molecule has 7 heteroatoms. The molecule has 0 fully saturated rings. The number of aromatic nitrogens is 1. The van der Waals surface area contributed by atoms with Crippen molar-refractivity contribution in [2.24, 2.45) is 12.5 Å². The summed E-state index contributed by atoms with van der Waals surface area (Å²) in [6, 6.07) is 7.51. The quantitative estimate of drug-likeness (QED) is 0.449. The second-order valence-electron chi connectivity index (χ2n) is 7.43. The lowest BCUT2D eigenvalue weighted by molar-refractivity contribution is -0.145. The first-order chi connectivity index (χ1) is 13.3. The minimum atomic E-state index is -0.755. The van der Waals surface area contributed by atoms with Crippen LogP contribution in [0.5, 0.6) is 0 Å². The zero-order valence-corrected chi connectivity index (χ0v) is 17.5. The van der Waals surface area contributed by atoms with Crippen LogP contribution in [-0.2, 0) is 29.7 Å². The number of alkyl halides is 1. The van der Waals surface area contributed by atoms with Gasteiger partial charge in [-0.25, -0.2) is 0 Å². The maximum absolute atomic E-state index is 13.1. The first-order valence-electron chi connectivity index (χ1n) is 9.15. The summed E-state index contributed by atoms with van der Waals surface area (Å²) in [7, 11) is 1.93. The number of carbonyl (C=O) groups is 2. The van der Waals surface area contributed by atoms with E-state index in [0.717, 1.165) is 5.69 Å². The number of halogens is 1. The molecular formula is C21H28ClN3O3. The highest BCUT2D eigenvalue weighted by molar-refractivity contribution is 6.19. The van der Waals surface area contributed by atoms with Crippen LogP contribution in [0.15, 0.2) is 53.8 Å². The summed E-state index contributed by atoms with van der Waals surface area (Å²) in [4.78, 5) is 29.1. The lowest BCUT2D eigenvalue weighted by Gasteiger charge is -2.31. The molecule has 0 bridgehead atoms.